The number of rotatable bonds is 5. The number of hydrogen-bond donors (Lipinski definition) is 2. The second kappa shape index (κ2) is 7.59. The van der Waals surface area contributed by atoms with Gasteiger partial charge in [0.05, 0.1) is 17.4 Å². The third-order valence-electron chi connectivity index (χ3n) is 3.76. The van der Waals surface area contributed by atoms with E-state index in [-0.39, 0.29) is 18.0 Å². The van der Waals surface area contributed by atoms with Crippen molar-refractivity contribution in [3.05, 3.63) is 58.3 Å². The summed E-state index contributed by atoms with van der Waals surface area (Å²) in [6.45, 7) is 1.63. The lowest BCUT2D eigenvalue weighted by molar-refractivity contribution is -0.143. The number of nitrogens with zero attached hydrogens (tertiary/aromatic N) is 3. The summed E-state index contributed by atoms with van der Waals surface area (Å²) in [4.78, 5) is 27.4. The Bertz CT molecular complexity index is 1070. The summed E-state index contributed by atoms with van der Waals surface area (Å²) in [6, 6.07) is 5.36. The van der Waals surface area contributed by atoms with Gasteiger partial charge in [0.2, 0.25) is 11.6 Å². The number of hydrogen-bond acceptors (Lipinski definition) is 5. The molecule has 0 spiro atoms. The minimum Gasteiger partial charge on any atom is -0.476 e. The first-order valence-electron chi connectivity index (χ1n) is 8.07. The molecule has 0 unspecified atom stereocenters. The predicted molar refractivity (Wildman–Crippen MR) is 94.4 cm³/mol. The van der Waals surface area contributed by atoms with E-state index in [9.17, 15) is 22.8 Å². The normalized spacial score (nSPS) is 11.5. The van der Waals surface area contributed by atoms with Gasteiger partial charge in [-0.05, 0) is 24.3 Å². The first-order valence-corrected chi connectivity index (χ1v) is 8.45. The molecule has 1 amide bonds. The van der Waals surface area contributed by atoms with Crippen LogP contribution in [0.1, 0.15) is 39.4 Å². The quantitative estimate of drug-likeness (QED) is 0.634. The van der Waals surface area contributed by atoms with Gasteiger partial charge in [0.1, 0.15) is 0 Å². The number of carboxylic acids is 1. The summed E-state index contributed by atoms with van der Waals surface area (Å²) >= 11 is 5.75. The van der Waals surface area contributed by atoms with Gasteiger partial charge in [-0.1, -0.05) is 18.5 Å². The van der Waals surface area contributed by atoms with E-state index >= 15 is 0 Å². The van der Waals surface area contributed by atoms with Crippen molar-refractivity contribution in [1.29, 1.82) is 0 Å². The van der Waals surface area contributed by atoms with Gasteiger partial charge in [0, 0.05) is 11.4 Å². The van der Waals surface area contributed by atoms with Crippen molar-refractivity contribution in [2.75, 3.05) is 5.32 Å². The standard InChI is InChI=1S/C17H12ClF3N4O4/c1-2-11-23-12(16(27)28)15(29-11)24-14(26)10-7-22-25(13(10)17(19,20)21)9-5-3-8(18)4-6-9/h3-7H,2H2,1H3,(H,24,26)(H,27,28). The van der Waals surface area contributed by atoms with Gasteiger partial charge in [-0.15, -0.1) is 0 Å². The summed E-state index contributed by atoms with van der Waals surface area (Å²) in [6.07, 6.45) is -3.99. The van der Waals surface area contributed by atoms with E-state index in [4.69, 9.17) is 21.1 Å². The number of aromatic nitrogens is 3. The maximum Gasteiger partial charge on any atom is 0.434 e. The number of amides is 1. The van der Waals surface area contributed by atoms with Gasteiger partial charge >= 0.3 is 12.1 Å². The number of aryl methyl sites for hydroxylation is 1. The van der Waals surface area contributed by atoms with E-state index in [1.807, 2.05) is 5.32 Å². The van der Waals surface area contributed by atoms with Gasteiger partial charge in [0.25, 0.3) is 5.91 Å². The minimum atomic E-state index is -4.94. The molecule has 2 heterocycles. The highest BCUT2D eigenvalue weighted by atomic mass is 35.5. The van der Waals surface area contributed by atoms with Crippen molar-refractivity contribution in [3.8, 4) is 5.69 Å². The van der Waals surface area contributed by atoms with Gasteiger partial charge < -0.3 is 9.52 Å². The first kappa shape index (κ1) is 20.4. The van der Waals surface area contributed by atoms with Crippen LogP contribution >= 0.6 is 11.6 Å². The van der Waals surface area contributed by atoms with E-state index < -0.39 is 40.9 Å². The van der Waals surface area contributed by atoms with E-state index in [0.29, 0.717) is 9.70 Å². The molecule has 0 bridgehead atoms. The number of carbonyl (C=O) groups excluding carboxylic acids is 1. The van der Waals surface area contributed by atoms with Crippen LogP contribution in [-0.2, 0) is 12.6 Å². The van der Waals surface area contributed by atoms with Crippen LogP contribution in [0.25, 0.3) is 5.69 Å². The molecule has 152 valence electrons. The smallest absolute Gasteiger partial charge is 0.434 e. The molecule has 3 aromatic rings. The molecular weight excluding hydrogens is 417 g/mol. The number of halogens is 4. The number of carbonyl (C=O) groups is 2. The van der Waals surface area contributed by atoms with Crippen molar-refractivity contribution in [3.63, 3.8) is 0 Å². The van der Waals surface area contributed by atoms with Crippen LogP contribution in [0.4, 0.5) is 19.1 Å². The molecule has 0 atom stereocenters. The fourth-order valence-corrected chi connectivity index (χ4v) is 2.61. The van der Waals surface area contributed by atoms with E-state index in [1.165, 1.54) is 24.3 Å². The summed E-state index contributed by atoms with van der Waals surface area (Å²) in [7, 11) is 0. The number of benzene rings is 1. The van der Waals surface area contributed by atoms with Gasteiger partial charge in [-0.25, -0.2) is 14.5 Å². The number of nitrogens with one attached hydrogen (secondary N) is 1. The van der Waals surface area contributed by atoms with Crippen molar-refractivity contribution >= 4 is 29.4 Å². The zero-order valence-corrected chi connectivity index (χ0v) is 15.4. The average Bonchev–Trinajstić information content (AvgIpc) is 3.26. The maximum atomic E-state index is 13.7. The number of oxazole rings is 1. The van der Waals surface area contributed by atoms with E-state index in [2.05, 4.69) is 10.1 Å². The Morgan fingerprint density at radius 3 is 2.48 bits per heavy atom. The summed E-state index contributed by atoms with van der Waals surface area (Å²) < 4.78 is 46.7. The molecule has 12 heteroatoms. The highest BCUT2D eigenvalue weighted by molar-refractivity contribution is 6.30. The molecular formula is C17H12ClF3N4O4. The molecule has 0 saturated carbocycles. The monoisotopic (exact) mass is 428 g/mol. The predicted octanol–water partition coefficient (Wildman–Crippen LogP) is 4.05. The topological polar surface area (TPSA) is 110 Å². The molecule has 8 nitrogen and oxygen atoms in total. The molecule has 29 heavy (non-hydrogen) atoms. The van der Waals surface area contributed by atoms with Crippen LogP contribution in [0.5, 0.6) is 0 Å². The van der Waals surface area contributed by atoms with Crippen molar-refractivity contribution < 1.29 is 32.3 Å². The molecule has 0 radical (unpaired) electrons. The zero-order valence-electron chi connectivity index (χ0n) is 14.6. The van der Waals surface area contributed by atoms with Crippen LogP contribution < -0.4 is 5.32 Å². The number of anilines is 1. The second-order valence-corrected chi connectivity index (χ2v) is 6.13. The molecule has 2 aromatic heterocycles. The molecule has 3 rings (SSSR count). The van der Waals surface area contributed by atoms with Gasteiger partial charge in [-0.2, -0.15) is 18.3 Å². The van der Waals surface area contributed by atoms with E-state index in [1.54, 1.807) is 6.92 Å². The Labute approximate surface area is 165 Å². The van der Waals surface area contributed by atoms with Crippen LogP contribution in [0.3, 0.4) is 0 Å². The Morgan fingerprint density at radius 1 is 1.28 bits per heavy atom. The summed E-state index contributed by atoms with van der Waals surface area (Å²) in [5.74, 6) is -3.31. The highest BCUT2D eigenvalue weighted by Gasteiger charge is 2.41. The molecule has 0 aliphatic rings. The summed E-state index contributed by atoms with van der Waals surface area (Å²) in [5.41, 5.74) is -2.75. The molecule has 0 aliphatic carbocycles. The Morgan fingerprint density at radius 2 is 1.93 bits per heavy atom. The van der Waals surface area contributed by atoms with Crippen molar-refractivity contribution in [2.24, 2.45) is 0 Å². The van der Waals surface area contributed by atoms with Gasteiger partial charge in [-0.3, -0.25) is 10.1 Å². The fraction of sp³-hybridized carbons (Fsp3) is 0.176. The highest BCUT2D eigenvalue weighted by Crippen LogP contribution is 2.34. The number of alkyl halides is 3. The Hall–Kier alpha value is -3.34. The lowest BCUT2D eigenvalue weighted by Gasteiger charge is -2.12. The number of aromatic carboxylic acids is 1. The third-order valence-corrected chi connectivity index (χ3v) is 4.01. The Balaban J connectivity index is 2.03. The maximum absolute atomic E-state index is 13.7. The van der Waals surface area contributed by atoms with Crippen LogP contribution in [-0.4, -0.2) is 31.7 Å². The Kier molecular flexibility index (Phi) is 5.33. The largest absolute Gasteiger partial charge is 0.476 e. The minimum absolute atomic E-state index is 0.00519. The second-order valence-electron chi connectivity index (χ2n) is 5.69. The summed E-state index contributed by atoms with van der Waals surface area (Å²) in [5, 5.41) is 15.1. The fourth-order valence-electron chi connectivity index (χ4n) is 2.48. The molecule has 2 N–H and O–H groups in total. The molecule has 0 aliphatic heterocycles. The molecule has 0 saturated heterocycles. The first-order chi connectivity index (χ1) is 13.6. The molecule has 0 fully saturated rings. The number of carboxylic acid groups (broad SMARTS) is 1. The zero-order chi connectivity index (χ0) is 21.3. The third kappa shape index (κ3) is 4.09. The van der Waals surface area contributed by atoms with Gasteiger partial charge in [0.15, 0.2) is 11.6 Å². The SMILES string of the molecule is CCc1nc(C(=O)O)c(NC(=O)c2cnn(-c3ccc(Cl)cc3)c2C(F)(F)F)o1. The van der Waals surface area contributed by atoms with Crippen molar-refractivity contribution in [1.82, 2.24) is 14.8 Å². The lowest BCUT2D eigenvalue weighted by atomic mass is 10.2. The van der Waals surface area contributed by atoms with Crippen LogP contribution in [0.15, 0.2) is 34.9 Å². The molecule has 1 aromatic carbocycles. The van der Waals surface area contributed by atoms with Crippen LogP contribution in [0.2, 0.25) is 5.02 Å². The van der Waals surface area contributed by atoms with E-state index in [0.717, 1.165) is 6.20 Å². The lowest BCUT2D eigenvalue weighted by Crippen LogP contribution is -2.21. The van der Waals surface area contributed by atoms with Crippen LogP contribution in [0, 0.1) is 0 Å². The average molecular weight is 429 g/mol. The van der Waals surface area contributed by atoms with Crippen molar-refractivity contribution in [2.45, 2.75) is 19.5 Å².